The Bertz CT molecular complexity index is 601. The molecule has 3 rings (SSSR count). The fraction of sp³-hybridized carbons (Fsp3) is 0.368. The Morgan fingerprint density at radius 1 is 1.14 bits per heavy atom. The Morgan fingerprint density at radius 2 is 1.86 bits per heavy atom. The molecule has 22 heavy (non-hydrogen) atoms. The first-order chi connectivity index (χ1) is 10.7. The Balaban J connectivity index is 1.81. The van der Waals surface area contributed by atoms with Crippen LogP contribution in [0.2, 0.25) is 5.02 Å². The third-order valence-electron chi connectivity index (χ3n) is 4.43. The van der Waals surface area contributed by atoms with Crippen molar-refractivity contribution in [2.75, 3.05) is 13.6 Å². The lowest BCUT2D eigenvalue weighted by molar-refractivity contribution is 0.152. The van der Waals surface area contributed by atoms with Gasteiger partial charge < -0.3 is 9.64 Å². The van der Waals surface area contributed by atoms with Crippen LogP contribution in [0.4, 0.5) is 0 Å². The molecule has 2 unspecified atom stereocenters. The smallest absolute Gasteiger partial charge is 0.138 e. The van der Waals surface area contributed by atoms with E-state index in [4.69, 9.17) is 16.3 Å². The maximum atomic E-state index is 6.28. The van der Waals surface area contributed by atoms with Crippen LogP contribution in [0.5, 0.6) is 5.75 Å². The van der Waals surface area contributed by atoms with Gasteiger partial charge in [-0.05, 0) is 44.1 Å². The average molecular weight is 316 g/mol. The normalized spacial score (nSPS) is 20.0. The second-order valence-corrected chi connectivity index (χ2v) is 6.37. The molecule has 1 saturated heterocycles. The molecule has 0 spiro atoms. The molecule has 2 atom stereocenters. The van der Waals surface area contributed by atoms with Crippen LogP contribution in [0.1, 0.15) is 30.9 Å². The van der Waals surface area contributed by atoms with Crippen molar-refractivity contribution in [3.05, 3.63) is 65.2 Å². The third-order valence-corrected chi connectivity index (χ3v) is 4.75. The van der Waals surface area contributed by atoms with Crippen molar-refractivity contribution >= 4 is 11.6 Å². The zero-order valence-corrected chi connectivity index (χ0v) is 13.7. The largest absolute Gasteiger partial charge is 0.484 e. The molecular formula is C19H22ClNO. The van der Waals surface area contributed by atoms with Gasteiger partial charge in [0.15, 0.2) is 0 Å². The van der Waals surface area contributed by atoms with Crippen LogP contribution in [-0.2, 0) is 0 Å². The zero-order chi connectivity index (χ0) is 15.4. The van der Waals surface area contributed by atoms with Crippen LogP contribution in [0.3, 0.4) is 0 Å². The zero-order valence-electron chi connectivity index (χ0n) is 12.9. The van der Waals surface area contributed by atoms with Gasteiger partial charge in [0.25, 0.3) is 0 Å². The van der Waals surface area contributed by atoms with Crippen molar-refractivity contribution in [1.29, 1.82) is 0 Å². The summed E-state index contributed by atoms with van der Waals surface area (Å²) in [5.41, 5.74) is 1.21. The molecule has 0 bridgehead atoms. The highest BCUT2D eigenvalue weighted by Crippen LogP contribution is 2.33. The van der Waals surface area contributed by atoms with E-state index in [9.17, 15) is 0 Å². The molecule has 0 aromatic heterocycles. The highest BCUT2D eigenvalue weighted by atomic mass is 35.5. The number of hydrogen-bond acceptors (Lipinski definition) is 2. The van der Waals surface area contributed by atoms with E-state index >= 15 is 0 Å². The summed E-state index contributed by atoms with van der Waals surface area (Å²) < 4.78 is 6.28. The predicted molar refractivity (Wildman–Crippen MR) is 91.5 cm³/mol. The van der Waals surface area contributed by atoms with Crippen molar-refractivity contribution in [2.24, 2.45) is 0 Å². The van der Waals surface area contributed by atoms with E-state index in [1.54, 1.807) is 0 Å². The highest BCUT2D eigenvalue weighted by molar-refractivity contribution is 6.32. The van der Waals surface area contributed by atoms with Crippen LogP contribution in [0.25, 0.3) is 0 Å². The maximum Gasteiger partial charge on any atom is 0.138 e. The summed E-state index contributed by atoms with van der Waals surface area (Å²) in [5, 5.41) is 0.670. The lowest BCUT2D eigenvalue weighted by Gasteiger charge is -2.26. The summed E-state index contributed by atoms with van der Waals surface area (Å²) in [6, 6.07) is 18.7. The van der Waals surface area contributed by atoms with Gasteiger partial charge >= 0.3 is 0 Å². The topological polar surface area (TPSA) is 12.5 Å². The minimum atomic E-state index is 0.0339. The fourth-order valence-corrected chi connectivity index (χ4v) is 3.32. The quantitative estimate of drug-likeness (QED) is 0.774. The molecule has 1 aliphatic rings. The molecule has 1 heterocycles. The predicted octanol–water partition coefficient (Wildman–Crippen LogP) is 4.94. The first kappa shape index (κ1) is 15.4. The molecule has 0 N–H and O–H groups in total. The standard InChI is InChI=1S/C19H22ClNO/c1-21-13-7-10-16(21)14-19(15-8-3-2-4-9-15)22-18-12-6-5-11-17(18)20/h2-6,8-9,11-12,16,19H,7,10,13-14H2,1H3. The number of hydrogen-bond donors (Lipinski definition) is 0. The van der Waals surface area contributed by atoms with Crippen LogP contribution in [0.15, 0.2) is 54.6 Å². The molecular weight excluding hydrogens is 294 g/mol. The van der Waals surface area contributed by atoms with Gasteiger partial charge in [-0.25, -0.2) is 0 Å². The SMILES string of the molecule is CN1CCCC1CC(Oc1ccccc1Cl)c1ccccc1. The van der Waals surface area contributed by atoms with Crippen molar-refractivity contribution < 1.29 is 4.74 Å². The van der Waals surface area contributed by atoms with Gasteiger partial charge in [0.05, 0.1) is 5.02 Å². The minimum Gasteiger partial charge on any atom is -0.484 e. The van der Waals surface area contributed by atoms with E-state index in [1.165, 1.54) is 24.9 Å². The second-order valence-electron chi connectivity index (χ2n) is 5.96. The van der Waals surface area contributed by atoms with Crippen molar-refractivity contribution in [3.63, 3.8) is 0 Å². The minimum absolute atomic E-state index is 0.0339. The molecule has 1 aliphatic heterocycles. The van der Waals surface area contributed by atoms with Gasteiger partial charge in [0, 0.05) is 12.5 Å². The monoisotopic (exact) mass is 315 g/mol. The fourth-order valence-electron chi connectivity index (χ4n) is 3.14. The molecule has 0 radical (unpaired) electrons. The van der Waals surface area contributed by atoms with Gasteiger partial charge in [-0.1, -0.05) is 54.1 Å². The highest BCUT2D eigenvalue weighted by Gasteiger charge is 2.26. The molecule has 0 amide bonds. The summed E-state index contributed by atoms with van der Waals surface area (Å²) in [6.07, 6.45) is 3.54. The number of halogens is 1. The number of rotatable bonds is 5. The summed E-state index contributed by atoms with van der Waals surface area (Å²) >= 11 is 6.27. The van der Waals surface area contributed by atoms with Gasteiger partial charge in [0.1, 0.15) is 11.9 Å². The lowest BCUT2D eigenvalue weighted by Crippen LogP contribution is -2.28. The molecule has 1 fully saturated rings. The summed E-state index contributed by atoms with van der Waals surface area (Å²) in [5.74, 6) is 0.763. The van der Waals surface area contributed by atoms with Crippen LogP contribution in [0, 0.1) is 0 Å². The van der Waals surface area contributed by atoms with Crippen LogP contribution < -0.4 is 4.74 Å². The van der Waals surface area contributed by atoms with Gasteiger partial charge in [0.2, 0.25) is 0 Å². The number of benzene rings is 2. The molecule has 0 saturated carbocycles. The van der Waals surface area contributed by atoms with E-state index in [0.717, 1.165) is 12.2 Å². The molecule has 116 valence electrons. The van der Waals surface area contributed by atoms with Gasteiger partial charge in [-0.2, -0.15) is 0 Å². The third kappa shape index (κ3) is 3.63. The van der Waals surface area contributed by atoms with E-state index in [1.807, 2.05) is 30.3 Å². The summed E-state index contributed by atoms with van der Waals surface area (Å²) in [4.78, 5) is 2.44. The molecule has 2 aromatic rings. The summed E-state index contributed by atoms with van der Waals surface area (Å²) in [6.45, 7) is 1.18. The van der Waals surface area contributed by atoms with E-state index in [2.05, 4.69) is 36.2 Å². The van der Waals surface area contributed by atoms with Crippen molar-refractivity contribution in [3.8, 4) is 5.75 Å². The number of para-hydroxylation sites is 1. The number of ether oxygens (including phenoxy) is 1. The van der Waals surface area contributed by atoms with Crippen LogP contribution in [-0.4, -0.2) is 24.5 Å². The van der Waals surface area contributed by atoms with Crippen LogP contribution >= 0.6 is 11.6 Å². The molecule has 2 aromatic carbocycles. The number of likely N-dealkylation sites (tertiary alicyclic amines) is 1. The Hall–Kier alpha value is -1.51. The first-order valence-corrected chi connectivity index (χ1v) is 8.28. The Kier molecular flexibility index (Phi) is 5.01. The van der Waals surface area contributed by atoms with Crippen molar-refractivity contribution in [1.82, 2.24) is 4.90 Å². The Morgan fingerprint density at radius 3 is 2.55 bits per heavy atom. The maximum absolute atomic E-state index is 6.28. The van der Waals surface area contributed by atoms with Crippen molar-refractivity contribution in [2.45, 2.75) is 31.4 Å². The first-order valence-electron chi connectivity index (χ1n) is 7.90. The number of nitrogens with zero attached hydrogens (tertiary/aromatic N) is 1. The Labute approximate surface area is 137 Å². The lowest BCUT2D eigenvalue weighted by atomic mass is 10.0. The van der Waals surface area contributed by atoms with E-state index < -0.39 is 0 Å². The second kappa shape index (κ2) is 7.17. The van der Waals surface area contributed by atoms with Gasteiger partial charge in [-0.15, -0.1) is 0 Å². The average Bonchev–Trinajstić information content (AvgIpc) is 2.95. The van der Waals surface area contributed by atoms with Gasteiger partial charge in [-0.3, -0.25) is 0 Å². The molecule has 0 aliphatic carbocycles. The van der Waals surface area contributed by atoms with E-state index in [-0.39, 0.29) is 6.10 Å². The molecule has 3 heteroatoms. The summed E-state index contributed by atoms with van der Waals surface area (Å²) in [7, 11) is 2.20. The van der Waals surface area contributed by atoms with E-state index in [0.29, 0.717) is 11.1 Å². The molecule has 2 nitrogen and oxygen atoms in total.